The molecule has 2 fully saturated rings. The molecule has 0 bridgehead atoms. The van der Waals surface area contributed by atoms with Gasteiger partial charge in [0.15, 0.2) is 6.10 Å². The molecule has 0 aromatic heterocycles. The van der Waals surface area contributed by atoms with Crippen molar-refractivity contribution in [3.8, 4) is 11.5 Å². The normalized spacial score (nSPS) is 23.3. The van der Waals surface area contributed by atoms with Crippen molar-refractivity contribution in [1.29, 1.82) is 0 Å². The number of anilines is 3. The van der Waals surface area contributed by atoms with E-state index in [2.05, 4.69) is 36.7 Å². The van der Waals surface area contributed by atoms with E-state index in [0.29, 0.717) is 29.3 Å². The molecule has 3 aromatic carbocycles. The van der Waals surface area contributed by atoms with Crippen LogP contribution >= 0.6 is 0 Å². The molecule has 462 valence electrons. The van der Waals surface area contributed by atoms with Gasteiger partial charge < -0.3 is 90.0 Å². The number of hydrogen-bond donors (Lipinski definition) is 11. The molecule has 22 heteroatoms. The number of aliphatic hydroxyl groups is 7. The average Bonchev–Trinajstić information content (AvgIpc) is 3.47. The number of aliphatic carboxylic acids is 1. The number of aliphatic hydroxyl groups excluding tert-OH is 7. The van der Waals surface area contributed by atoms with Gasteiger partial charge in [0.2, 0.25) is 12.6 Å². The standard InChI is InChI=1S/C22H33NO9.C22H35NO8.C16H25NO2/c1-21(2,3)20(29)30-10-11-7-8-13(12(9-11)23-22(4,5)6)31-19-16(26)14(24)15(25)17(32-19)18(27)28;1-21(2,3)20(28)29-11-12-7-8-14(13(9-12)23-22(4,5)6)30-19-18(27)17(26)16(25)15(10-24)31-19;1-15(2,3)14(18)19-11-12-7-9-13(10-8-12)17-16(4,5)6/h7-9,14-17,19,23-26H,10H2,1-6H3,(H,27,28);7-9,15-19,23-27H,10-11H2,1-6H3;7-10,17H,11H2,1-6H3. The van der Waals surface area contributed by atoms with Crippen LogP contribution in [0, 0.1) is 16.2 Å². The first kappa shape index (κ1) is 70.4. The first-order chi connectivity index (χ1) is 37.4. The molecule has 3 aromatic rings. The lowest BCUT2D eigenvalue weighted by molar-refractivity contribution is -0.277. The van der Waals surface area contributed by atoms with Crippen LogP contribution in [0.3, 0.4) is 0 Å². The molecule has 2 saturated heterocycles. The van der Waals surface area contributed by atoms with Crippen LogP contribution in [0.5, 0.6) is 11.5 Å². The third kappa shape index (κ3) is 22.7. The molecule has 22 nitrogen and oxygen atoms in total. The molecule has 0 aliphatic carbocycles. The number of ether oxygens (including phenoxy) is 7. The van der Waals surface area contributed by atoms with Gasteiger partial charge in [-0.05, 0) is 178 Å². The number of carboxylic acid groups (broad SMARTS) is 1. The topological polar surface area (TPSA) is 331 Å². The molecular formula is C60H93N3O19. The van der Waals surface area contributed by atoms with Gasteiger partial charge in [0.25, 0.3) is 0 Å². The van der Waals surface area contributed by atoms with Crippen molar-refractivity contribution < 1.29 is 93.2 Å². The Morgan fingerprint density at radius 1 is 0.451 bits per heavy atom. The van der Waals surface area contributed by atoms with E-state index in [0.717, 1.165) is 16.8 Å². The fourth-order valence-electron chi connectivity index (χ4n) is 7.32. The first-order valence-electron chi connectivity index (χ1n) is 27.2. The first-order valence-corrected chi connectivity index (χ1v) is 27.2. The highest BCUT2D eigenvalue weighted by atomic mass is 16.7. The van der Waals surface area contributed by atoms with Crippen LogP contribution in [0.4, 0.5) is 17.1 Å². The summed E-state index contributed by atoms with van der Waals surface area (Å²) >= 11 is 0. The second-order valence-corrected chi connectivity index (χ2v) is 26.6. The minimum absolute atomic E-state index is 0.0315. The number of esters is 3. The molecule has 0 radical (unpaired) electrons. The molecule has 2 heterocycles. The third-order valence-electron chi connectivity index (χ3n) is 11.7. The second-order valence-electron chi connectivity index (χ2n) is 26.6. The summed E-state index contributed by atoms with van der Waals surface area (Å²) in [6.07, 6.45) is -15.5. The smallest absolute Gasteiger partial charge is 0.335 e. The van der Waals surface area contributed by atoms with Crippen LogP contribution in [0.2, 0.25) is 0 Å². The van der Waals surface area contributed by atoms with Gasteiger partial charge in [-0.1, -0.05) is 24.3 Å². The van der Waals surface area contributed by atoms with E-state index in [4.69, 9.17) is 33.2 Å². The van der Waals surface area contributed by atoms with Gasteiger partial charge in [-0.3, -0.25) is 14.4 Å². The van der Waals surface area contributed by atoms with Crippen LogP contribution in [0.25, 0.3) is 0 Å². The molecule has 0 saturated carbocycles. The zero-order valence-corrected chi connectivity index (χ0v) is 50.9. The SMILES string of the molecule is CC(C)(C)Nc1cc(COC(=O)C(C)(C)C)ccc1OC1OC(C(=O)O)C(O)C(O)C1O.CC(C)(C)Nc1cc(COC(=O)C(C)(C)C)ccc1OC1OC(CO)C(O)C(O)C1O.CC(C)(C)Nc1ccc(COC(=O)C(C)(C)C)cc1. The van der Waals surface area contributed by atoms with Gasteiger partial charge in [-0.15, -0.1) is 0 Å². The fraction of sp³-hybridized carbons (Fsp3) is 0.633. The van der Waals surface area contributed by atoms with Crippen molar-refractivity contribution in [1.82, 2.24) is 0 Å². The lowest BCUT2D eigenvalue weighted by atomic mass is 9.97. The van der Waals surface area contributed by atoms with Crippen LogP contribution in [-0.2, 0) is 62.7 Å². The van der Waals surface area contributed by atoms with E-state index in [9.17, 15) is 60.0 Å². The van der Waals surface area contributed by atoms with Gasteiger partial charge in [-0.25, -0.2) is 4.79 Å². The maximum absolute atomic E-state index is 12.1. The summed E-state index contributed by atoms with van der Waals surface area (Å²) in [5.41, 5.74) is 2.10. The number of carbonyl (C=O) groups excluding carboxylic acids is 3. The van der Waals surface area contributed by atoms with Crippen molar-refractivity contribution in [2.45, 2.75) is 222 Å². The highest BCUT2D eigenvalue weighted by Gasteiger charge is 2.49. The van der Waals surface area contributed by atoms with Crippen molar-refractivity contribution in [3.63, 3.8) is 0 Å². The quantitative estimate of drug-likeness (QED) is 0.0578. The second kappa shape index (κ2) is 28.6. The highest BCUT2D eigenvalue weighted by Crippen LogP contribution is 2.35. The summed E-state index contributed by atoms with van der Waals surface area (Å²) in [6.45, 7) is 34.0. The molecular weight excluding hydrogens is 1070 g/mol. The Morgan fingerprint density at radius 3 is 1.13 bits per heavy atom. The Hall–Kier alpha value is -5.82. The predicted octanol–water partition coefficient (Wildman–Crippen LogP) is 6.41. The Balaban J connectivity index is 0.000000334. The zero-order chi connectivity index (χ0) is 62.7. The van der Waals surface area contributed by atoms with Crippen molar-refractivity contribution >= 4 is 40.9 Å². The largest absolute Gasteiger partial charge is 0.479 e. The lowest BCUT2D eigenvalue weighted by Crippen LogP contribution is -2.61. The summed E-state index contributed by atoms with van der Waals surface area (Å²) in [5, 5.41) is 88.8. The van der Waals surface area contributed by atoms with Gasteiger partial charge in [0.1, 0.15) is 74.0 Å². The van der Waals surface area contributed by atoms with E-state index in [1.807, 2.05) is 86.6 Å². The Labute approximate surface area is 482 Å². The zero-order valence-electron chi connectivity index (χ0n) is 50.9. The fourth-order valence-corrected chi connectivity index (χ4v) is 7.32. The Morgan fingerprint density at radius 2 is 0.793 bits per heavy atom. The Kier molecular flexibility index (Phi) is 24.6. The van der Waals surface area contributed by atoms with Crippen LogP contribution in [0.15, 0.2) is 60.7 Å². The summed E-state index contributed by atoms with van der Waals surface area (Å²) in [5.74, 6) is -1.81. The van der Waals surface area contributed by atoms with Gasteiger partial charge >= 0.3 is 23.9 Å². The molecule has 2 aliphatic heterocycles. The minimum Gasteiger partial charge on any atom is -0.479 e. The van der Waals surface area contributed by atoms with E-state index in [1.165, 1.54) is 0 Å². The molecule has 0 spiro atoms. The van der Waals surface area contributed by atoms with E-state index in [-0.39, 0.29) is 47.9 Å². The lowest BCUT2D eigenvalue weighted by Gasteiger charge is -2.40. The van der Waals surface area contributed by atoms with E-state index in [1.54, 1.807) is 77.9 Å². The van der Waals surface area contributed by atoms with E-state index < -0.39 is 95.8 Å². The third-order valence-corrected chi connectivity index (χ3v) is 11.7. The number of benzene rings is 3. The van der Waals surface area contributed by atoms with Crippen molar-refractivity contribution in [2.75, 3.05) is 22.6 Å². The molecule has 10 unspecified atom stereocenters. The summed E-state index contributed by atoms with van der Waals surface area (Å²) in [7, 11) is 0. The van der Waals surface area contributed by atoms with Gasteiger partial charge in [0, 0.05) is 22.3 Å². The highest BCUT2D eigenvalue weighted by molar-refractivity contribution is 5.76. The summed E-state index contributed by atoms with van der Waals surface area (Å²) < 4.78 is 38.1. The predicted molar refractivity (Wildman–Crippen MR) is 307 cm³/mol. The van der Waals surface area contributed by atoms with Crippen LogP contribution in [-0.4, -0.2) is 149 Å². The maximum Gasteiger partial charge on any atom is 0.335 e. The number of carbonyl (C=O) groups is 4. The van der Waals surface area contributed by atoms with E-state index >= 15 is 0 Å². The van der Waals surface area contributed by atoms with Gasteiger partial charge in [0.05, 0.1) is 34.2 Å². The van der Waals surface area contributed by atoms with Crippen LogP contribution in [0.1, 0.15) is 141 Å². The van der Waals surface area contributed by atoms with Crippen molar-refractivity contribution in [2.24, 2.45) is 16.2 Å². The molecule has 0 amide bonds. The summed E-state index contributed by atoms with van der Waals surface area (Å²) in [6, 6.07) is 18.0. The number of carboxylic acids is 1. The Bertz CT molecular complexity index is 2550. The molecule has 5 rings (SSSR count). The molecule has 11 N–H and O–H groups in total. The minimum atomic E-state index is -1.81. The van der Waals surface area contributed by atoms with Crippen molar-refractivity contribution in [3.05, 3.63) is 77.4 Å². The molecule has 10 atom stereocenters. The average molecular weight is 1160 g/mol. The van der Waals surface area contributed by atoms with Crippen LogP contribution < -0.4 is 25.4 Å². The number of rotatable bonds is 15. The maximum atomic E-state index is 12.1. The molecule has 2 aliphatic rings. The molecule has 82 heavy (non-hydrogen) atoms. The number of hydrogen-bond acceptors (Lipinski definition) is 21. The van der Waals surface area contributed by atoms with Gasteiger partial charge in [-0.2, -0.15) is 0 Å². The monoisotopic (exact) mass is 1160 g/mol. The summed E-state index contributed by atoms with van der Waals surface area (Å²) in [4.78, 5) is 47.1. The number of nitrogens with one attached hydrogen (secondary N) is 3.